The van der Waals surface area contributed by atoms with E-state index < -0.39 is 5.97 Å². The molecule has 0 bridgehead atoms. The summed E-state index contributed by atoms with van der Waals surface area (Å²) in [6.07, 6.45) is 1.77. The fraction of sp³-hybridized carbons (Fsp3) is 0.333. The largest absolute Gasteiger partial charge is 0.462 e. The first kappa shape index (κ1) is 12.2. The predicted molar refractivity (Wildman–Crippen MR) is 58.0 cm³/mol. The normalized spacial score (nSPS) is 9.56. The van der Waals surface area contributed by atoms with E-state index in [1.165, 1.54) is 12.5 Å². The monoisotopic (exact) mass is 221 g/mol. The molecule has 1 aromatic rings. The number of benzene rings is 1. The van der Waals surface area contributed by atoms with Crippen LogP contribution >= 0.6 is 0 Å². The molecule has 1 aromatic carbocycles. The molecule has 0 aromatic heterocycles. The lowest BCUT2D eigenvalue weighted by molar-refractivity contribution is 0.0497. The van der Waals surface area contributed by atoms with Gasteiger partial charge in [0.25, 0.3) is 0 Å². The van der Waals surface area contributed by atoms with E-state index >= 15 is 0 Å². The molecule has 0 atom stereocenters. The number of para-hydroxylation sites is 1. The van der Waals surface area contributed by atoms with Crippen LogP contribution in [0.4, 0.5) is 0 Å². The lowest BCUT2D eigenvalue weighted by Gasteiger charge is -2.06. The van der Waals surface area contributed by atoms with E-state index in [-0.39, 0.29) is 11.3 Å². The second-order valence-corrected chi connectivity index (χ2v) is 3.17. The maximum Gasteiger partial charge on any atom is 0.423 e. The first-order chi connectivity index (χ1) is 7.79. The third-order valence-electron chi connectivity index (χ3n) is 1.99. The summed E-state index contributed by atoms with van der Waals surface area (Å²) in [5.74, 6) is -0.321. The number of carbonyl (C=O) groups excluding carboxylic acids is 2. The van der Waals surface area contributed by atoms with Crippen molar-refractivity contribution >= 4 is 12.4 Å². The Morgan fingerprint density at radius 2 is 2.12 bits per heavy atom. The van der Waals surface area contributed by atoms with Gasteiger partial charge in [-0.15, -0.1) is 0 Å². The van der Waals surface area contributed by atoms with Crippen molar-refractivity contribution in [3.63, 3.8) is 0 Å². The topological polar surface area (TPSA) is 52.6 Å². The van der Waals surface area contributed by atoms with E-state index in [0.29, 0.717) is 6.61 Å². The van der Waals surface area contributed by atoms with Crippen molar-refractivity contribution in [1.29, 1.82) is 0 Å². The zero-order valence-corrected chi connectivity index (χ0v) is 9.06. The van der Waals surface area contributed by atoms with Crippen molar-refractivity contribution < 1.29 is 19.1 Å². The molecule has 0 heterocycles. The van der Waals surface area contributed by atoms with E-state index in [1.54, 1.807) is 18.2 Å². The van der Waals surface area contributed by atoms with Crippen LogP contribution in [0.3, 0.4) is 0 Å². The highest BCUT2D eigenvalue weighted by atomic mass is 16.5. The molecule has 4 nitrogen and oxygen atoms in total. The fourth-order valence-corrected chi connectivity index (χ4v) is 1.16. The van der Waals surface area contributed by atoms with E-state index in [4.69, 9.17) is 4.74 Å². The van der Waals surface area contributed by atoms with E-state index in [1.807, 2.05) is 6.92 Å². The molecule has 0 spiro atoms. The third kappa shape index (κ3) is 3.38. The molecule has 0 amide bonds. The summed E-state index contributed by atoms with van der Waals surface area (Å²) in [5.41, 5.74) is 0.238. The van der Waals surface area contributed by atoms with Crippen LogP contribution in [0.1, 0.15) is 30.1 Å². The zero-order valence-electron chi connectivity index (χ0n) is 9.06. The van der Waals surface area contributed by atoms with Gasteiger partial charge in [0.2, 0.25) is 0 Å². The predicted octanol–water partition coefficient (Wildman–Crippen LogP) is 2.09. The van der Waals surface area contributed by atoms with Gasteiger partial charge in [-0.1, -0.05) is 25.5 Å². The van der Waals surface area contributed by atoms with Gasteiger partial charge in [0.1, 0.15) is 11.3 Å². The molecule has 4 heteroatoms. The average molecular weight is 221 g/mol. The van der Waals surface area contributed by atoms with Gasteiger partial charge >= 0.3 is 12.4 Å². The maximum atomic E-state index is 11.6. The van der Waals surface area contributed by atoms with E-state index in [9.17, 15) is 9.59 Å². The quantitative estimate of drug-likeness (QED) is 0.545. The molecule has 0 aliphatic rings. The van der Waals surface area contributed by atoms with Crippen LogP contribution in [0.25, 0.3) is 0 Å². The molecule has 16 heavy (non-hydrogen) atoms. The molecule has 0 unspecified atom stereocenters. The van der Waals surface area contributed by atoms with Gasteiger partial charge < -0.3 is 9.47 Å². The minimum atomic E-state index is -0.487. The van der Waals surface area contributed by atoms with E-state index in [0.717, 1.165) is 12.8 Å². The molecular weight excluding hydrogens is 208 g/mol. The van der Waals surface area contributed by atoms with Gasteiger partial charge in [-0.3, -0.25) is 0 Å². The standard InChI is InChI=1S/C12H13O4/c1-2-3-8-15-12(14)10-6-4-5-7-11(10)16-9-13/h4-7H,2-3,8H2,1H3. The van der Waals surface area contributed by atoms with Crippen LogP contribution in [0.5, 0.6) is 5.75 Å². The van der Waals surface area contributed by atoms with E-state index in [2.05, 4.69) is 4.74 Å². The summed E-state index contributed by atoms with van der Waals surface area (Å²) in [4.78, 5) is 21.7. The Morgan fingerprint density at radius 3 is 2.81 bits per heavy atom. The molecule has 0 aliphatic carbocycles. The van der Waals surface area contributed by atoms with Crippen molar-refractivity contribution in [3.05, 3.63) is 29.8 Å². The lowest BCUT2D eigenvalue weighted by atomic mass is 10.2. The van der Waals surface area contributed by atoms with Crippen LogP contribution in [0.2, 0.25) is 0 Å². The summed E-state index contributed by atoms with van der Waals surface area (Å²) >= 11 is 0. The average Bonchev–Trinajstić information content (AvgIpc) is 2.30. The summed E-state index contributed by atoms with van der Waals surface area (Å²) in [5, 5.41) is 0. The molecule has 0 saturated heterocycles. The summed E-state index contributed by atoms with van der Waals surface area (Å²) in [7, 11) is 0. The molecule has 0 saturated carbocycles. The Bertz CT molecular complexity index is 360. The molecular formula is C12H13O4. The summed E-state index contributed by atoms with van der Waals surface area (Å²) < 4.78 is 9.56. The molecule has 85 valence electrons. The number of carbonyl (C=O) groups is 1. The highest BCUT2D eigenvalue weighted by molar-refractivity contribution is 5.92. The van der Waals surface area contributed by atoms with Crippen LogP contribution in [0.15, 0.2) is 24.3 Å². The molecule has 0 fully saturated rings. The first-order valence-corrected chi connectivity index (χ1v) is 5.09. The Balaban J connectivity index is 2.69. The van der Waals surface area contributed by atoms with Crippen molar-refractivity contribution in [2.24, 2.45) is 0 Å². The van der Waals surface area contributed by atoms with Gasteiger partial charge in [0.05, 0.1) is 6.61 Å². The SMILES string of the molecule is CCCCOC(=O)c1ccccc1O[C]=O. The smallest absolute Gasteiger partial charge is 0.423 e. The van der Waals surface area contributed by atoms with Gasteiger partial charge in [0.15, 0.2) is 0 Å². The Morgan fingerprint density at radius 1 is 1.38 bits per heavy atom. The Hall–Kier alpha value is -1.84. The fourth-order valence-electron chi connectivity index (χ4n) is 1.16. The summed E-state index contributed by atoms with van der Waals surface area (Å²) in [6.45, 7) is 3.66. The van der Waals surface area contributed by atoms with Gasteiger partial charge in [-0.05, 0) is 18.6 Å². The van der Waals surface area contributed by atoms with Crippen molar-refractivity contribution in [3.8, 4) is 5.75 Å². The van der Waals surface area contributed by atoms with Crippen molar-refractivity contribution in [2.75, 3.05) is 6.61 Å². The summed E-state index contributed by atoms with van der Waals surface area (Å²) in [6, 6.07) is 6.39. The van der Waals surface area contributed by atoms with Crippen LogP contribution in [-0.2, 0) is 9.53 Å². The number of unbranched alkanes of at least 4 members (excludes halogenated alkanes) is 1. The second kappa shape index (κ2) is 6.61. The van der Waals surface area contributed by atoms with Gasteiger partial charge in [-0.25, -0.2) is 9.59 Å². The highest BCUT2D eigenvalue weighted by Crippen LogP contribution is 2.18. The lowest BCUT2D eigenvalue weighted by Crippen LogP contribution is -2.08. The number of hydrogen-bond donors (Lipinski definition) is 0. The van der Waals surface area contributed by atoms with Crippen molar-refractivity contribution in [2.45, 2.75) is 19.8 Å². The minimum absolute atomic E-state index is 0.166. The first-order valence-electron chi connectivity index (χ1n) is 5.09. The number of hydrogen-bond acceptors (Lipinski definition) is 4. The maximum absolute atomic E-state index is 11.6. The molecule has 1 radical (unpaired) electrons. The minimum Gasteiger partial charge on any atom is -0.462 e. The molecule has 0 N–H and O–H groups in total. The van der Waals surface area contributed by atoms with Crippen LogP contribution in [0, 0.1) is 0 Å². The second-order valence-electron chi connectivity index (χ2n) is 3.17. The molecule has 1 rings (SSSR count). The molecule has 0 aliphatic heterocycles. The van der Waals surface area contributed by atoms with Crippen LogP contribution in [-0.4, -0.2) is 19.0 Å². The number of ether oxygens (including phenoxy) is 2. The zero-order chi connectivity index (χ0) is 11.8. The highest BCUT2D eigenvalue weighted by Gasteiger charge is 2.13. The van der Waals surface area contributed by atoms with Gasteiger partial charge in [-0.2, -0.15) is 0 Å². The van der Waals surface area contributed by atoms with Gasteiger partial charge in [0, 0.05) is 0 Å². The third-order valence-corrected chi connectivity index (χ3v) is 1.99. The van der Waals surface area contributed by atoms with Crippen LogP contribution < -0.4 is 4.74 Å². The Labute approximate surface area is 94.2 Å². The Kier molecular flexibility index (Phi) is 5.05. The van der Waals surface area contributed by atoms with Crippen molar-refractivity contribution in [1.82, 2.24) is 0 Å². The number of esters is 1. The number of rotatable bonds is 6.